The van der Waals surface area contributed by atoms with Crippen LogP contribution in [0.5, 0.6) is 0 Å². The van der Waals surface area contributed by atoms with Crippen LogP contribution in [0.1, 0.15) is 57.7 Å². The second kappa shape index (κ2) is 7.14. The quantitative estimate of drug-likeness (QED) is 0.320. The number of imidazole rings is 1. The van der Waals surface area contributed by atoms with Gasteiger partial charge in [0.05, 0.1) is 6.42 Å². The van der Waals surface area contributed by atoms with Gasteiger partial charge in [-0.1, -0.05) is 50.2 Å². The maximum absolute atomic E-state index is 11.2. The van der Waals surface area contributed by atoms with Crippen molar-refractivity contribution in [2.24, 2.45) is 0 Å². The first-order valence-electron chi connectivity index (χ1n) is 6.24. The van der Waals surface area contributed by atoms with Crippen LogP contribution in [-0.4, -0.2) is 9.94 Å². The highest BCUT2D eigenvalue weighted by atomic mass is 16.5. The van der Waals surface area contributed by atoms with E-state index < -0.39 is 0 Å². The minimum atomic E-state index is 0.438. The molecule has 0 bridgehead atoms. The average molecular weight is 226 g/mol. The highest BCUT2D eigenvalue weighted by Crippen LogP contribution is 2.08. The standard InChI is InChI=1S/C12H22N2O2/c1-2-3-4-5-6-7-8-9-12-13(15)10-11-14(12)16/h10-11,15H,2-9H2,1H3. The van der Waals surface area contributed by atoms with Gasteiger partial charge in [-0.05, 0) is 6.42 Å². The number of unbranched alkanes of at least 4 members (excludes halogenated alkanes) is 6. The molecule has 0 fully saturated rings. The Morgan fingerprint density at radius 3 is 2.38 bits per heavy atom. The molecule has 4 nitrogen and oxygen atoms in total. The van der Waals surface area contributed by atoms with Gasteiger partial charge < -0.3 is 10.4 Å². The summed E-state index contributed by atoms with van der Waals surface area (Å²) in [5, 5.41) is 20.5. The van der Waals surface area contributed by atoms with E-state index in [1.165, 1.54) is 44.5 Å². The fourth-order valence-corrected chi connectivity index (χ4v) is 1.86. The predicted octanol–water partition coefficient (Wildman–Crippen LogP) is 2.65. The summed E-state index contributed by atoms with van der Waals surface area (Å²) in [6.07, 6.45) is 11.9. The Labute approximate surface area is 97.1 Å². The third kappa shape index (κ3) is 4.13. The van der Waals surface area contributed by atoms with Crippen LogP contribution < -0.4 is 4.73 Å². The first-order valence-corrected chi connectivity index (χ1v) is 6.24. The van der Waals surface area contributed by atoms with Crippen LogP contribution in [0.2, 0.25) is 0 Å². The van der Waals surface area contributed by atoms with Crippen molar-refractivity contribution in [2.75, 3.05) is 0 Å². The fourth-order valence-electron chi connectivity index (χ4n) is 1.86. The average Bonchev–Trinajstić information content (AvgIpc) is 2.59. The topological polar surface area (TPSA) is 52.1 Å². The summed E-state index contributed by atoms with van der Waals surface area (Å²) < 4.78 is 1.65. The second-order valence-corrected chi connectivity index (χ2v) is 4.26. The SMILES string of the molecule is CCCCCCCCCc1n(O)cc[n+]1[O-]. The van der Waals surface area contributed by atoms with Gasteiger partial charge in [0.15, 0.2) is 6.20 Å². The third-order valence-electron chi connectivity index (χ3n) is 2.87. The number of nitrogens with zero attached hydrogens (tertiary/aromatic N) is 2. The lowest BCUT2D eigenvalue weighted by Crippen LogP contribution is -2.30. The summed E-state index contributed by atoms with van der Waals surface area (Å²) in [4.78, 5) is 0. The lowest BCUT2D eigenvalue weighted by atomic mass is 10.1. The molecular weight excluding hydrogens is 204 g/mol. The molecule has 0 aromatic carbocycles. The number of rotatable bonds is 8. The van der Waals surface area contributed by atoms with Crippen molar-refractivity contribution in [1.82, 2.24) is 4.73 Å². The lowest BCUT2D eigenvalue weighted by Gasteiger charge is -2.02. The molecule has 1 rings (SSSR count). The largest absolute Gasteiger partial charge is 0.711 e. The van der Waals surface area contributed by atoms with Crippen molar-refractivity contribution in [2.45, 2.75) is 58.3 Å². The Bertz CT molecular complexity index is 278. The monoisotopic (exact) mass is 226 g/mol. The van der Waals surface area contributed by atoms with Crippen molar-refractivity contribution in [3.8, 4) is 0 Å². The molecule has 92 valence electrons. The Morgan fingerprint density at radius 1 is 1.19 bits per heavy atom. The highest BCUT2D eigenvalue weighted by Gasteiger charge is 2.10. The third-order valence-corrected chi connectivity index (χ3v) is 2.87. The molecule has 1 N–H and O–H groups in total. The predicted molar refractivity (Wildman–Crippen MR) is 62.3 cm³/mol. The minimum Gasteiger partial charge on any atom is -0.711 e. The van der Waals surface area contributed by atoms with Crippen molar-refractivity contribution in [1.29, 1.82) is 0 Å². The van der Waals surface area contributed by atoms with Crippen molar-refractivity contribution >= 4 is 0 Å². The van der Waals surface area contributed by atoms with Crippen molar-refractivity contribution in [3.63, 3.8) is 0 Å². The summed E-state index contributed by atoms with van der Waals surface area (Å²) in [5.74, 6) is 0.438. The molecule has 0 aliphatic rings. The molecule has 16 heavy (non-hydrogen) atoms. The number of hydrogen-bond acceptors (Lipinski definition) is 2. The molecule has 4 heteroatoms. The van der Waals surface area contributed by atoms with Crippen molar-refractivity contribution < 1.29 is 9.94 Å². The smallest absolute Gasteiger partial charge is 0.299 e. The molecule has 0 saturated heterocycles. The van der Waals surface area contributed by atoms with Crippen LogP contribution in [0.15, 0.2) is 12.4 Å². The molecule has 1 aromatic rings. The Balaban J connectivity index is 2.07. The first kappa shape index (κ1) is 12.9. The second-order valence-electron chi connectivity index (χ2n) is 4.26. The van der Waals surface area contributed by atoms with Gasteiger partial charge in [0.1, 0.15) is 6.20 Å². The fraction of sp³-hybridized carbons (Fsp3) is 0.750. The summed E-state index contributed by atoms with van der Waals surface area (Å²) >= 11 is 0. The molecule has 0 amide bonds. The molecule has 1 heterocycles. The van der Waals surface area contributed by atoms with Crippen LogP contribution in [0.3, 0.4) is 0 Å². The zero-order valence-corrected chi connectivity index (χ0v) is 10.1. The maximum atomic E-state index is 11.2. The van der Waals surface area contributed by atoms with E-state index in [0.29, 0.717) is 12.2 Å². The van der Waals surface area contributed by atoms with E-state index in [0.717, 1.165) is 22.3 Å². The van der Waals surface area contributed by atoms with E-state index in [2.05, 4.69) is 6.92 Å². The maximum Gasteiger partial charge on any atom is 0.299 e. The van der Waals surface area contributed by atoms with Crippen LogP contribution in [-0.2, 0) is 6.42 Å². The van der Waals surface area contributed by atoms with Gasteiger partial charge in [-0.2, -0.15) is 0 Å². The molecule has 0 aliphatic carbocycles. The summed E-state index contributed by atoms with van der Waals surface area (Å²) in [6.45, 7) is 2.21. The van der Waals surface area contributed by atoms with E-state index in [9.17, 15) is 10.4 Å². The van der Waals surface area contributed by atoms with Crippen LogP contribution in [0.4, 0.5) is 0 Å². The molecule has 0 spiro atoms. The van der Waals surface area contributed by atoms with Gasteiger partial charge in [0.25, 0.3) is 5.82 Å². The summed E-state index contributed by atoms with van der Waals surface area (Å²) in [6, 6.07) is 0. The zero-order valence-electron chi connectivity index (χ0n) is 10.1. The van der Waals surface area contributed by atoms with Gasteiger partial charge in [-0.3, -0.25) is 0 Å². The molecule has 0 unspecified atom stereocenters. The van der Waals surface area contributed by atoms with Gasteiger partial charge in [-0.15, -0.1) is 0 Å². The Morgan fingerprint density at radius 2 is 1.81 bits per heavy atom. The number of hydrogen-bond donors (Lipinski definition) is 1. The first-order chi connectivity index (χ1) is 7.75. The molecular formula is C12H22N2O2. The van der Waals surface area contributed by atoms with Gasteiger partial charge in [0.2, 0.25) is 0 Å². The van der Waals surface area contributed by atoms with Gasteiger partial charge >= 0.3 is 0 Å². The van der Waals surface area contributed by atoms with Crippen molar-refractivity contribution in [3.05, 3.63) is 23.4 Å². The number of aromatic nitrogens is 2. The van der Waals surface area contributed by atoms with E-state index in [-0.39, 0.29) is 0 Å². The van der Waals surface area contributed by atoms with Crippen LogP contribution in [0, 0.1) is 5.21 Å². The van der Waals surface area contributed by atoms with Gasteiger partial charge in [-0.25, -0.2) is 4.73 Å². The van der Waals surface area contributed by atoms with E-state index in [4.69, 9.17) is 0 Å². The minimum absolute atomic E-state index is 0.438. The lowest BCUT2D eigenvalue weighted by molar-refractivity contribution is -0.615. The summed E-state index contributed by atoms with van der Waals surface area (Å²) in [7, 11) is 0. The normalized spacial score (nSPS) is 10.8. The Hall–Kier alpha value is -1.19. The van der Waals surface area contributed by atoms with Gasteiger partial charge in [0, 0.05) is 0 Å². The summed E-state index contributed by atoms with van der Waals surface area (Å²) in [5.41, 5.74) is 0. The van der Waals surface area contributed by atoms with Crippen LogP contribution >= 0.6 is 0 Å². The van der Waals surface area contributed by atoms with E-state index in [1.54, 1.807) is 0 Å². The molecule has 1 aromatic heterocycles. The molecule has 0 atom stereocenters. The van der Waals surface area contributed by atoms with E-state index >= 15 is 0 Å². The zero-order chi connectivity index (χ0) is 11.8. The Kier molecular flexibility index (Phi) is 5.75. The highest BCUT2D eigenvalue weighted by molar-refractivity contribution is 4.80. The molecule has 0 saturated carbocycles. The molecule has 0 aliphatic heterocycles. The molecule has 0 radical (unpaired) electrons. The van der Waals surface area contributed by atoms with E-state index in [1.807, 2.05) is 0 Å². The van der Waals surface area contributed by atoms with Crippen LogP contribution in [0.25, 0.3) is 0 Å².